The number of carbonyl (C=O) groups excluding carboxylic acids is 1. The smallest absolute Gasteiger partial charge is 0.161 e. The van der Waals surface area contributed by atoms with Gasteiger partial charge in [0.1, 0.15) is 0 Å². The number of rotatable bonds is 11. The Morgan fingerprint density at radius 1 is 0.833 bits per heavy atom. The zero-order valence-electron chi connectivity index (χ0n) is 25.0. The van der Waals surface area contributed by atoms with Gasteiger partial charge in [0.25, 0.3) is 0 Å². The topological polar surface area (TPSA) is 65.8 Å². The van der Waals surface area contributed by atoms with Gasteiger partial charge in [-0.05, 0) is 99.7 Å². The number of nitrogens with zero attached hydrogens (tertiary/aromatic N) is 3. The molecule has 2 aliphatic heterocycles. The van der Waals surface area contributed by atoms with E-state index in [1.165, 1.54) is 11.4 Å². The van der Waals surface area contributed by atoms with Gasteiger partial charge in [-0.2, -0.15) is 5.26 Å². The quantitative estimate of drug-likeness (QED) is 0.178. The first-order valence-electron chi connectivity index (χ1n) is 15.4. The van der Waals surface area contributed by atoms with Gasteiger partial charge in [-0.1, -0.05) is 36.4 Å². The van der Waals surface area contributed by atoms with E-state index in [0.717, 1.165) is 64.7 Å². The number of Topliss-reactive ketones (excluding diaryl/α,β-unsaturated/α-hetero) is 1. The Kier molecular flexibility index (Phi) is 9.69. The minimum absolute atomic E-state index is 0.00437. The average Bonchev–Trinajstić information content (AvgIpc) is 3.06. The van der Waals surface area contributed by atoms with Gasteiger partial charge in [0.15, 0.2) is 17.3 Å². The van der Waals surface area contributed by atoms with E-state index in [4.69, 9.17) is 9.47 Å². The Labute approximate surface area is 250 Å². The van der Waals surface area contributed by atoms with Crippen LogP contribution < -0.4 is 19.3 Å². The van der Waals surface area contributed by atoms with Gasteiger partial charge in [0.2, 0.25) is 0 Å². The van der Waals surface area contributed by atoms with Crippen molar-refractivity contribution in [2.24, 2.45) is 17.3 Å². The molecule has 0 amide bonds. The van der Waals surface area contributed by atoms with Crippen LogP contribution in [0.2, 0.25) is 0 Å². The fourth-order valence-electron chi connectivity index (χ4n) is 7.12. The zero-order chi connectivity index (χ0) is 29.4. The molecule has 2 aliphatic rings. The molecule has 2 fully saturated rings. The van der Waals surface area contributed by atoms with E-state index in [2.05, 4.69) is 76.5 Å². The van der Waals surface area contributed by atoms with Crippen LogP contribution in [0.1, 0.15) is 55.8 Å². The van der Waals surface area contributed by atoms with Crippen LogP contribution in [0.15, 0.2) is 78.9 Å². The molecule has 6 nitrogen and oxygen atoms in total. The van der Waals surface area contributed by atoms with E-state index in [0.29, 0.717) is 35.5 Å². The largest absolute Gasteiger partial charge is 0.493 e. The lowest BCUT2D eigenvalue weighted by Gasteiger charge is -2.48. The first-order chi connectivity index (χ1) is 20.5. The summed E-state index contributed by atoms with van der Waals surface area (Å²) in [5.74, 6) is 1.92. The van der Waals surface area contributed by atoms with Crippen LogP contribution >= 0.6 is 0 Å². The maximum atomic E-state index is 11.8. The third kappa shape index (κ3) is 6.57. The Bertz CT molecular complexity index is 1280. The molecule has 0 N–H and O–H groups in total. The number of carbonyl (C=O) groups is 1. The number of nitriles is 1. The number of ether oxygens (including phenoxy) is 2. The molecule has 5 rings (SSSR count). The lowest BCUT2D eigenvalue weighted by Crippen LogP contribution is -2.48. The third-order valence-electron chi connectivity index (χ3n) is 9.46. The van der Waals surface area contributed by atoms with Crippen molar-refractivity contribution in [3.63, 3.8) is 0 Å². The van der Waals surface area contributed by atoms with Crippen LogP contribution in [-0.4, -0.2) is 45.7 Å². The molecular weight excluding hydrogens is 522 g/mol. The van der Waals surface area contributed by atoms with Crippen LogP contribution in [0.25, 0.3) is 0 Å². The van der Waals surface area contributed by atoms with Gasteiger partial charge < -0.3 is 19.3 Å². The number of benzene rings is 3. The molecule has 220 valence electrons. The highest BCUT2D eigenvalue weighted by atomic mass is 16.5. The van der Waals surface area contributed by atoms with E-state index in [9.17, 15) is 10.1 Å². The predicted octanol–water partition coefficient (Wildman–Crippen LogP) is 7.40. The van der Waals surface area contributed by atoms with Gasteiger partial charge in [-0.25, -0.2) is 0 Å². The predicted molar refractivity (Wildman–Crippen MR) is 169 cm³/mol. The highest BCUT2D eigenvalue weighted by Crippen LogP contribution is 2.49. The molecule has 0 atom stereocenters. The number of para-hydroxylation sites is 2. The van der Waals surface area contributed by atoms with Crippen molar-refractivity contribution in [3.05, 3.63) is 84.4 Å². The number of anilines is 2. The molecule has 6 heteroatoms. The summed E-state index contributed by atoms with van der Waals surface area (Å²) in [5.41, 5.74) is 2.77. The standard InChI is InChI=1S/C36H43N3O3/c1-28(40)29-14-15-34(35(26-29)41-2)42-25-9-20-36(27-37,30-16-21-38(22-17-30)32-10-5-3-6-11-32)31-18-23-39(24-19-31)33-12-7-4-8-13-33/h3-8,10-15,26,30-31H,9,16-25H2,1-2H3. The summed E-state index contributed by atoms with van der Waals surface area (Å²) in [6.07, 6.45) is 5.74. The summed E-state index contributed by atoms with van der Waals surface area (Å²) in [5, 5.41) is 11.0. The zero-order valence-corrected chi connectivity index (χ0v) is 25.0. The molecule has 0 saturated carbocycles. The number of piperidine rings is 2. The maximum Gasteiger partial charge on any atom is 0.161 e. The van der Waals surface area contributed by atoms with Crippen molar-refractivity contribution < 1.29 is 14.3 Å². The van der Waals surface area contributed by atoms with E-state index in [1.807, 2.05) is 6.07 Å². The molecule has 0 spiro atoms. The van der Waals surface area contributed by atoms with Gasteiger partial charge in [0.05, 0.1) is 25.2 Å². The van der Waals surface area contributed by atoms with E-state index in [-0.39, 0.29) is 11.2 Å². The summed E-state index contributed by atoms with van der Waals surface area (Å²) in [4.78, 5) is 16.7. The van der Waals surface area contributed by atoms with Crippen molar-refractivity contribution in [3.8, 4) is 17.6 Å². The minimum atomic E-state index is -0.377. The molecule has 0 aliphatic carbocycles. The second kappa shape index (κ2) is 13.8. The van der Waals surface area contributed by atoms with Crippen molar-refractivity contribution >= 4 is 17.2 Å². The van der Waals surface area contributed by atoms with Crippen molar-refractivity contribution in [2.45, 2.75) is 45.4 Å². The van der Waals surface area contributed by atoms with Crippen LogP contribution in [0.5, 0.6) is 11.5 Å². The molecular formula is C36H43N3O3. The molecule has 2 heterocycles. The van der Waals surface area contributed by atoms with E-state index >= 15 is 0 Å². The normalized spacial score (nSPS) is 16.6. The molecule has 3 aromatic rings. The maximum absolute atomic E-state index is 11.8. The fraction of sp³-hybridized carbons (Fsp3) is 0.444. The minimum Gasteiger partial charge on any atom is -0.493 e. The van der Waals surface area contributed by atoms with Crippen molar-refractivity contribution in [1.29, 1.82) is 5.26 Å². The number of hydrogen-bond donors (Lipinski definition) is 0. The van der Waals surface area contributed by atoms with Crippen molar-refractivity contribution in [1.82, 2.24) is 0 Å². The molecule has 0 unspecified atom stereocenters. The summed E-state index contributed by atoms with van der Waals surface area (Å²) in [6, 6.07) is 29.6. The third-order valence-corrected chi connectivity index (χ3v) is 9.46. The fourth-order valence-corrected chi connectivity index (χ4v) is 7.12. The number of methoxy groups -OCH3 is 1. The lowest BCUT2D eigenvalue weighted by atomic mass is 9.59. The second-order valence-electron chi connectivity index (χ2n) is 11.7. The summed E-state index contributed by atoms with van der Waals surface area (Å²) in [6.45, 7) is 5.99. The molecule has 42 heavy (non-hydrogen) atoms. The van der Waals surface area contributed by atoms with Gasteiger partial charge in [-0.3, -0.25) is 4.79 Å². The van der Waals surface area contributed by atoms with Gasteiger partial charge in [0, 0.05) is 43.1 Å². The Balaban J connectivity index is 1.28. The number of hydrogen-bond acceptors (Lipinski definition) is 6. The van der Waals surface area contributed by atoms with E-state index < -0.39 is 0 Å². The second-order valence-corrected chi connectivity index (χ2v) is 11.7. The molecule has 3 aromatic carbocycles. The Hall–Kier alpha value is -3.98. The van der Waals surface area contributed by atoms with Gasteiger partial charge >= 0.3 is 0 Å². The van der Waals surface area contributed by atoms with Crippen LogP contribution in [-0.2, 0) is 0 Å². The van der Waals surface area contributed by atoms with E-state index in [1.54, 1.807) is 26.2 Å². The monoisotopic (exact) mass is 565 g/mol. The molecule has 0 bridgehead atoms. The molecule has 0 aromatic heterocycles. The summed E-state index contributed by atoms with van der Waals surface area (Å²) >= 11 is 0. The SMILES string of the molecule is COc1cc(C(C)=O)ccc1OCCCC(C#N)(C1CCN(c2ccccc2)CC1)C1CCN(c2ccccc2)CC1. The first-order valence-corrected chi connectivity index (χ1v) is 15.4. The first kappa shape index (κ1) is 29.5. The summed E-state index contributed by atoms with van der Waals surface area (Å²) < 4.78 is 11.7. The highest BCUT2D eigenvalue weighted by Gasteiger charge is 2.47. The highest BCUT2D eigenvalue weighted by molar-refractivity contribution is 5.94. The van der Waals surface area contributed by atoms with Crippen LogP contribution in [0.3, 0.4) is 0 Å². The van der Waals surface area contributed by atoms with Crippen LogP contribution in [0, 0.1) is 28.6 Å². The van der Waals surface area contributed by atoms with Gasteiger partial charge in [-0.15, -0.1) is 0 Å². The summed E-state index contributed by atoms with van der Waals surface area (Å²) in [7, 11) is 1.59. The van der Waals surface area contributed by atoms with Crippen molar-refractivity contribution in [2.75, 3.05) is 49.7 Å². The Morgan fingerprint density at radius 2 is 1.36 bits per heavy atom. The Morgan fingerprint density at radius 3 is 1.81 bits per heavy atom. The molecule has 2 saturated heterocycles. The lowest BCUT2D eigenvalue weighted by molar-refractivity contribution is 0.0772. The molecule has 0 radical (unpaired) electrons. The van der Waals surface area contributed by atoms with Crippen LogP contribution in [0.4, 0.5) is 11.4 Å². The average molecular weight is 566 g/mol. The number of ketones is 1.